The summed E-state index contributed by atoms with van der Waals surface area (Å²) in [5.41, 5.74) is 1.84. The summed E-state index contributed by atoms with van der Waals surface area (Å²) in [7, 11) is -1.63. The zero-order valence-corrected chi connectivity index (χ0v) is 19.0. The van der Waals surface area contributed by atoms with E-state index in [1.54, 1.807) is 36.4 Å². The summed E-state index contributed by atoms with van der Waals surface area (Å²) in [6.45, 7) is 3.81. The van der Waals surface area contributed by atoms with Crippen LogP contribution < -0.4 is 4.74 Å². The predicted molar refractivity (Wildman–Crippen MR) is 131 cm³/mol. The maximum absolute atomic E-state index is 13.4. The van der Waals surface area contributed by atoms with E-state index >= 15 is 0 Å². The molecule has 5 rings (SSSR count). The molecule has 3 aromatic carbocycles. The molecular weight excluding hydrogens is 434 g/mol. The van der Waals surface area contributed by atoms with Crippen molar-refractivity contribution in [3.8, 4) is 22.6 Å². The van der Waals surface area contributed by atoms with Crippen molar-refractivity contribution >= 4 is 26.6 Å². The van der Waals surface area contributed by atoms with Gasteiger partial charge in [0.1, 0.15) is 18.1 Å². The van der Waals surface area contributed by atoms with Gasteiger partial charge in [0.15, 0.2) is 4.70 Å². The average molecular weight is 460 g/mol. The van der Waals surface area contributed by atoms with Crippen LogP contribution in [-0.2, 0) is 0 Å². The zero-order valence-electron chi connectivity index (χ0n) is 18.2. The van der Waals surface area contributed by atoms with Gasteiger partial charge in [-0.1, -0.05) is 42.5 Å². The quantitative estimate of drug-likeness (QED) is 0.286. The third-order valence-electron chi connectivity index (χ3n) is 6.10. The lowest BCUT2D eigenvalue weighted by molar-refractivity contribution is 0.104. The topological polar surface area (TPSA) is 72.8 Å². The first-order valence-electron chi connectivity index (χ1n) is 11.2. The van der Waals surface area contributed by atoms with E-state index in [0.717, 1.165) is 30.9 Å². The predicted octanol–water partition coefficient (Wildman–Crippen LogP) is 5.65. The summed E-state index contributed by atoms with van der Waals surface area (Å²) >= 11 is 0. The van der Waals surface area contributed by atoms with Crippen LogP contribution in [-0.4, -0.2) is 46.6 Å². The lowest BCUT2D eigenvalue weighted by Gasteiger charge is -2.15. The molecule has 1 saturated heterocycles. The number of likely N-dealkylation sites (tertiary alicyclic amines) is 1. The SMILES string of the molecule is O=C(c1ccccc1)c1c(-c2ccc(OCCN3CCCC3)cc2)c2cc(O)ccc2[s+]1[O-]. The molecule has 6 heteroatoms. The number of nitrogens with zero attached hydrogens (tertiary/aromatic N) is 1. The zero-order chi connectivity index (χ0) is 22.8. The molecule has 0 spiro atoms. The number of ketones is 1. The van der Waals surface area contributed by atoms with Gasteiger partial charge >= 0.3 is 0 Å². The summed E-state index contributed by atoms with van der Waals surface area (Å²) in [6, 6.07) is 21.1. The van der Waals surface area contributed by atoms with Crippen molar-refractivity contribution in [3.63, 3.8) is 0 Å². The highest BCUT2D eigenvalue weighted by molar-refractivity contribution is 7.33. The van der Waals surface area contributed by atoms with Gasteiger partial charge in [-0.25, -0.2) is 0 Å². The number of phenols is 1. The van der Waals surface area contributed by atoms with E-state index in [1.807, 2.05) is 30.3 Å². The van der Waals surface area contributed by atoms with Crippen molar-refractivity contribution in [3.05, 3.63) is 83.2 Å². The molecule has 1 aliphatic heterocycles. The van der Waals surface area contributed by atoms with Gasteiger partial charge in [-0.2, -0.15) is 0 Å². The number of aromatic hydroxyl groups is 1. The van der Waals surface area contributed by atoms with E-state index in [2.05, 4.69) is 4.90 Å². The molecule has 4 aromatic rings. The number of ether oxygens (including phenoxy) is 1. The normalized spacial score (nSPS) is 14.6. The number of benzene rings is 3. The highest BCUT2D eigenvalue weighted by atomic mass is 32.2. The second kappa shape index (κ2) is 9.35. The molecule has 2 heterocycles. The third kappa shape index (κ3) is 4.37. The van der Waals surface area contributed by atoms with Gasteiger partial charge in [0.25, 0.3) is 0 Å². The Morgan fingerprint density at radius 3 is 2.45 bits per heavy atom. The molecule has 0 aliphatic carbocycles. The van der Waals surface area contributed by atoms with Crippen molar-refractivity contribution in [2.75, 3.05) is 26.2 Å². The van der Waals surface area contributed by atoms with Crippen LogP contribution in [0.1, 0.15) is 28.1 Å². The fourth-order valence-corrected chi connectivity index (χ4v) is 5.89. The maximum atomic E-state index is 13.4. The third-order valence-corrected chi connectivity index (χ3v) is 7.62. The second-order valence-electron chi connectivity index (χ2n) is 8.27. The molecule has 1 fully saturated rings. The minimum Gasteiger partial charge on any atom is -0.590 e. The molecule has 0 radical (unpaired) electrons. The second-order valence-corrected chi connectivity index (χ2v) is 9.66. The average Bonchev–Trinajstić information content (AvgIpc) is 3.46. The lowest BCUT2D eigenvalue weighted by Crippen LogP contribution is -2.25. The number of fused-ring (bicyclic) bond motifs is 1. The molecule has 1 aromatic heterocycles. The highest BCUT2D eigenvalue weighted by Crippen LogP contribution is 2.46. The Labute approximate surface area is 195 Å². The molecule has 1 unspecified atom stereocenters. The Morgan fingerprint density at radius 2 is 1.73 bits per heavy atom. The minimum absolute atomic E-state index is 0.0681. The van der Waals surface area contributed by atoms with Gasteiger partial charge in [-0.3, -0.25) is 9.69 Å². The number of thiophene rings is 1. The van der Waals surface area contributed by atoms with Crippen molar-refractivity contribution < 1.29 is 19.2 Å². The Kier molecular flexibility index (Phi) is 6.13. The van der Waals surface area contributed by atoms with Gasteiger partial charge in [-0.05, 0) is 66.5 Å². The molecule has 1 N–H and O–H groups in total. The highest BCUT2D eigenvalue weighted by Gasteiger charge is 2.30. The van der Waals surface area contributed by atoms with Gasteiger partial charge in [0, 0.05) is 18.2 Å². The van der Waals surface area contributed by atoms with Crippen LogP contribution in [0.4, 0.5) is 0 Å². The maximum Gasteiger partial charge on any atom is 0.245 e. The Morgan fingerprint density at radius 1 is 1.00 bits per heavy atom. The number of hydrogen-bond acceptors (Lipinski definition) is 5. The largest absolute Gasteiger partial charge is 0.590 e. The Balaban J connectivity index is 1.50. The summed E-state index contributed by atoms with van der Waals surface area (Å²) < 4.78 is 19.8. The number of carbonyl (C=O) groups excluding carboxylic acids is 1. The molecule has 1 aliphatic rings. The first-order chi connectivity index (χ1) is 16.1. The van der Waals surface area contributed by atoms with Crippen molar-refractivity contribution in [1.82, 2.24) is 4.90 Å². The summed E-state index contributed by atoms with van der Waals surface area (Å²) in [6.07, 6.45) is 2.51. The van der Waals surface area contributed by atoms with Crippen LogP contribution in [0, 0.1) is 0 Å². The monoisotopic (exact) mass is 459 g/mol. The smallest absolute Gasteiger partial charge is 0.245 e. The summed E-state index contributed by atoms with van der Waals surface area (Å²) in [4.78, 5) is 16.0. The van der Waals surface area contributed by atoms with E-state index in [9.17, 15) is 14.5 Å². The first-order valence-corrected chi connectivity index (χ1v) is 12.3. The molecule has 168 valence electrons. The molecule has 0 amide bonds. The van der Waals surface area contributed by atoms with Gasteiger partial charge in [0.05, 0.1) is 10.9 Å². The van der Waals surface area contributed by atoms with Crippen molar-refractivity contribution in [1.29, 1.82) is 0 Å². The summed E-state index contributed by atoms with van der Waals surface area (Å²) in [5.74, 6) is 0.550. The van der Waals surface area contributed by atoms with Crippen LogP contribution in [0.5, 0.6) is 11.5 Å². The Hall–Kier alpha value is -3.19. The van der Waals surface area contributed by atoms with Crippen LogP contribution in [0.3, 0.4) is 0 Å². The first kappa shape index (κ1) is 21.6. The van der Waals surface area contributed by atoms with Crippen LogP contribution in [0.2, 0.25) is 0 Å². The van der Waals surface area contributed by atoms with Crippen molar-refractivity contribution in [2.45, 2.75) is 12.8 Å². The number of rotatable bonds is 7. The fraction of sp³-hybridized carbons (Fsp3) is 0.222. The van der Waals surface area contributed by atoms with Crippen LogP contribution >= 0.6 is 10.8 Å². The van der Waals surface area contributed by atoms with E-state index < -0.39 is 10.8 Å². The van der Waals surface area contributed by atoms with Gasteiger partial charge in [-0.15, -0.1) is 0 Å². The van der Waals surface area contributed by atoms with Gasteiger partial charge < -0.3 is 14.4 Å². The number of hydrogen-bond donors (Lipinski definition) is 1. The molecule has 0 bridgehead atoms. The summed E-state index contributed by atoms with van der Waals surface area (Å²) in [5, 5.41) is 10.7. The van der Waals surface area contributed by atoms with Crippen molar-refractivity contribution in [2.24, 2.45) is 0 Å². The van der Waals surface area contributed by atoms with Crippen LogP contribution in [0.25, 0.3) is 21.2 Å². The van der Waals surface area contributed by atoms with E-state index in [4.69, 9.17) is 4.74 Å². The van der Waals surface area contributed by atoms with Gasteiger partial charge in [0.2, 0.25) is 10.7 Å². The fourth-order valence-electron chi connectivity index (χ4n) is 4.42. The van der Waals surface area contributed by atoms with Crippen LogP contribution in [0.15, 0.2) is 72.8 Å². The van der Waals surface area contributed by atoms with E-state index in [1.165, 1.54) is 18.9 Å². The Bertz CT molecular complexity index is 1280. The molecule has 0 saturated carbocycles. The molecule has 5 nitrogen and oxygen atoms in total. The minimum atomic E-state index is -1.63. The molecular formula is C27H25NO4S. The lowest BCUT2D eigenvalue weighted by atomic mass is 9.98. The molecule has 1 atom stereocenters. The standard InChI is InChI=1S/C27H25NO4S/c29-21-10-13-24-23(18-21)25(27(33(24)31)26(30)20-6-2-1-3-7-20)19-8-11-22(12-9-19)32-17-16-28-14-4-5-15-28/h1-3,6-13,18,29H,4-5,14-17H2. The van der Waals surface area contributed by atoms with E-state index in [0.29, 0.717) is 27.8 Å². The molecule has 33 heavy (non-hydrogen) atoms. The number of phenolic OH excluding ortho intramolecular Hbond substituents is 1. The van der Waals surface area contributed by atoms with E-state index in [-0.39, 0.29) is 16.4 Å². The number of carbonyl (C=O) groups is 1.